The van der Waals surface area contributed by atoms with Gasteiger partial charge in [0.2, 0.25) is 10.0 Å². The SMILES string of the molecule is NS(=O)(=O)c1c(F)c(F)cc(C(=O)NC2CCC2)c1Cl. The summed E-state index contributed by atoms with van der Waals surface area (Å²) in [5.41, 5.74) is -0.457. The molecule has 0 aliphatic heterocycles. The van der Waals surface area contributed by atoms with Crippen molar-refractivity contribution in [1.29, 1.82) is 0 Å². The van der Waals surface area contributed by atoms with Gasteiger partial charge >= 0.3 is 0 Å². The molecule has 20 heavy (non-hydrogen) atoms. The molecule has 1 amide bonds. The van der Waals surface area contributed by atoms with Crippen molar-refractivity contribution < 1.29 is 22.0 Å². The van der Waals surface area contributed by atoms with E-state index in [-0.39, 0.29) is 6.04 Å². The maximum Gasteiger partial charge on any atom is 0.253 e. The van der Waals surface area contributed by atoms with Crippen LogP contribution in [0, 0.1) is 11.6 Å². The highest BCUT2D eigenvalue weighted by Gasteiger charge is 2.29. The second kappa shape index (κ2) is 5.27. The predicted molar refractivity (Wildman–Crippen MR) is 67.8 cm³/mol. The summed E-state index contributed by atoms with van der Waals surface area (Å²) >= 11 is 5.68. The van der Waals surface area contributed by atoms with Crippen molar-refractivity contribution >= 4 is 27.5 Å². The number of nitrogens with two attached hydrogens (primary N) is 1. The average Bonchev–Trinajstić information content (AvgIpc) is 2.26. The van der Waals surface area contributed by atoms with Crippen molar-refractivity contribution in [3.63, 3.8) is 0 Å². The number of carbonyl (C=O) groups is 1. The summed E-state index contributed by atoms with van der Waals surface area (Å²) in [7, 11) is -4.59. The number of halogens is 3. The summed E-state index contributed by atoms with van der Waals surface area (Å²) in [4.78, 5) is 10.7. The van der Waals surface area contributed by atoms with E-state index in [1.807, 2.05) is 0 Å². The number of hydrogen-bond donors (Lipinski definition) is 2. The number of sulfonamides is 1. The Bertz CT molecular complexity index is 675. The molecule has 0 radical (unpaired) electrons. The molecule has 0 aromatic heterocycles. The fraction of sp³-hybridized carbons (Fsp3) is 0.364. The number of carbonyl (C=O) groups excluding carboxylic acids is 1. The van der Waals surface area contributed by atoms with E-state index >= 15 is 0 Å². The smallest absolute Gasteiger partial charge is 0.253 e. The fourth-order valence-electron chi connectivity index (χ4n) is 1.81. The molecule has 2 rings (SSSR count). The third-order valence-corrected chi connectivity index (χ3v) is 4.54. The molecule has 1 saturated carbocycles. The summed E-state index contributed by atoms with van der Waals surface area (Å²) in [6, 6.07) is 0.491. The third kappa shape index (κ3) is 2.77. The van der Waals surface area contributed by atoms with Crippen LogP contribution in [0.1, 0.15) is 29.6 Å². The molecule has 110 valence electrons. The molecule has 0 saturated heterocycles. The molecule has 0 unspecified atom stereocenters. The Balaban J connectivity index is 2.48. The minimum Gasteiger partial charge on any atom is -0.349 e. The molecule has 1 aromatic carbocycles. The molecule has 1 aliphatic rings. The molecule has 3 N–H and O–H groups in total. The van der Waals surface area contributed by atoms with E-state index in [1.165, 1.54) is 0 Å². The van der Waals surface area contributed by atoms with Crippen molar-refractivity contribution in [2.24, 2.45) is 5.14 Å². The first-order valence-electron chi connectivity index (χ1n) is 5.73. The van der Waals surface area contributed by atoms with E-state index < -0.39 is 43.0 Å². The second-order valence-electron chi connectivity index (χ2n) is 4.51. The highest BCUT2D eigenvalue weighted by molar-refractivity contribution is 7.89. The number of amides is 1. The zero-order chi connectivity index (χ0) is 15.1. The average molecular weight is 325 g/mol. The quantitative estimate of drug-likeness (QED) is 0.827. The van der Waals surface area contributed by atoms with Crippen LogP contribution in [0.3, 0.4) is 0 Å². The van der Waals surface area contributed by atoms with Gasteiger partial charge < -0.3 is 5.32 Å². The molecule has 0 atom stereocenters. The summed E-state index contributed by atoms with van der Waals surface area (Å²) < 4.78 is 49.4. The van der Waals surface area contributed by atoms with E-state index in [0.29, 0.717) is 6.07 Å². The number of nitrogens with one attached hydrogen (secondary N) is 1. The molecule has 5 nitrogen and oxygen atoms in total. The molecule has 0 bridgehead atoms. The lowest BCUT2D eigenvalue weighted by atomic mass is 9.93. The van der Waals surface area contributed by atoms with Crippen molar-refractivity contribution in [2.75, 3.05) is 0 Å². The summed E-state index contributed by atoms with van der Waals surface area (Å²) in [6.07, 6.45) is 2.50. The van der Waals surface area contributed by atoms with Crippen molar-refractivity contribution in [3.8, 4) is 0 Å². The lowest BCUT2D eigenvalue weighted by molar-refractivity contribution is 0.0916. The topological polar surface area (TPSA) is 89.3 Å². The highest BCUT2D eigenvalue weighted by atomic mass is 35.5. The van der Waals surface area contributed by atoms with Crippen LogP contribution in [0.25, 0.3) is 0 Å². The molecule has 1 aromatic rings. The molecule has 0 heterocycles. The van der Waals surface area contributed by atoms with E-state index in [4.69, 9.17) is 16.7 Å². The maximum absolute atomic E-state index is 13.5. The third-order valence-electron chi connectivity index (χ3n) is 3.09. The molecule has 9 heteroatoms. The zero-order valence-corrected chi connectivity index (χ0v) is 11.7. The van der Waals surface area contributed by atoms with Gasteiger partial charge in [-0.1, -0.05) is 11.6 Å². The van der Waals surface area contributed by atoms with Gasteiger partial charge in [-0.3, -0.25) is 4.79 Å². The van der Waals surface area contributed by atoms with Gasteiger partial charge in [-0.15, -0.1) is 0 Å². The summed E-state index contributed by atoms with van der Waals surface area (Å²) in [5, 5.41) is 6.62. The lowest BCUT2D eigenvalue weighted by Gasteiger charge is -2.26. The highest BCUT2D eigenvalue weighted by Crippen LogP contribution is 2.30. The van der Waals surface area contributed by atoms with Gasteiger partial charge in [0.25, 0.3) is 5.91 Å². The predicted octanol–water partition coefficient (Wildman–Crippen LogP) is 1.55. The first kappa shape index (κ1) is 15.1. The van der Waals surface area contributed by atoms with Crippen LogP contribution in [0.15, 0.2) is 11.0 Å². The fourth-order valence-corrected chi connectivity index (χ4v) is 3.06. The van der Waals surface area contributed by atoms with Crippen LogP contribution in [-0.4, -0.2) is 20.4 Å². The van der Waals surface area contributed by atoms with Crippen LogP contribution in [-0.2, 0) is 10.0 Å². The van der Waals surface area contributed by atoms with Crippen molar-refractivity contribution in [3.05, 3.63) is 28.3 Å². The first-order chi connectivity index (χ1) is 9.21. The maximum atomic E-state index is 13.5. The Morgan fingerprint density at radius 1 is 1.40 bits per heavy atom. The van der Waals surface area contributed by atoms with Gasteiger partial charge in [0, 0.05) is 6.04 Å². The van der Waals surface area contributed by atoms with Gasteiger partial charge in [-0.25, -0.2) is 22.3 Å². The summed E-state index contributed by atoms with van der Waals surface area (Å²) in [5.74, 6) is -3.96. The van der Waals surface area contributed by atoms with E-state index in [2.05, 4.69) is 5.32 Å². The van der Waals surface area contributed by atoms with Gasteiger partial charge in [-0.05, 0) is 25.3 Å². The lowest BCUT2D eigenvalue weighted by Crippen LogP contribution is -2.39. The number of benzene rings is 1. The molecular weight excluding hydrogens is 314 g/mol. The van der Waals surface area contributed by atoms with Crippen LogP contribution in [0.4, 0.5) is 8.78 Å². The molecular formula is C11H11ClF2N2O3S. The number of primary sulfonamides is 1. The van der Waals surface area contributed by atoms with Crippen molar-refractivity contribution in [1.82, 2.24) is 5.32 Å². The Hall–Kier alpha value is -1.25. The minimum absolute atomic E-state index is 0.0652. The Morgan fingerprint density at radius 2 is 2.00 bits per heavy atom. The number of hydrogen-bond acceptors (Lipinski definition) is 3. The standard InChI is InChI=1S/C11H11ClF2N2O3S/c12-8-6(11(17)16-5-2-1-3-5)4-7(13)9(14)10(8)20(15,18)19/h4-5H,1-3H2,(H,16,17)(H2,15,18,19). The van der Waals surface area contributed by atoms with Gasteiger partial charge in [0.05, 0.1) is 10.6 Å². The van der Waals surface area contributed by atoms with Gasteiger partial charge in [-0.2, -0.15) is 0 Å². The molecule has 1 fully saturated rings. The van der Waals surface area contributed by atoms with Crippen LogP contribution >= 0.6 is 11.6 Å². The van der Waals surface area contributed by atoms with E-state index in [1.54, 1.807) is 0 Å². The van der Waals surface area contributed by atoms with Crippen LogP contribution in [0.5, 0.6) is 0 Å². The normalized spacial score (nSPS) is 15.8. The summed E-state index contributed by atoms with van der Waals surface area (Å²) in [6.45, 7) is 0. The van der Waals surface area contributed by atoms with Crippen LogP contribution in [0.2, 0.25) is 5.02 Å². The largest absolute Gasteiger partial charge is 0.349 e. The monoisotopic (exact) mass is 324 g/mol. The van der Waals surface area contributed by atoms with Crippen LogP contribution < -0.4 is 10.5 Å². The Labute approximate surface area is 119 Å². The minimum atomic E-state index is -4.59. The Morgan fingerprint density at radius 3 is 2.45 bits per heavy atom. The van der Waals surface area contributed by atoms with E-state index in [0.717, 1.165) is 19.3 Å². The first-order valence-corrected chi connectivity index (χ1v) is 7.65. The molecule has 1 aliphatic carbocycles. The second-order valence-corrected chi connectivity index (χ2v) is 6.39. The zero-order valence-electron chi connectivity index (χ0n) is 10.1. The van der Waals surface area contributed by atoms with Gasteiger partial charge in [0.1, 0.15) is 4.90 Å². The van der Waals surface area contributed by atoms with Crippen molar-refractivity contribution in [2.45, 2.75) is 30.2 Å². The Kier molecular flexibility index (Phi) is 3.99. The number of rotatable bonds is 3. The molecule has 0 spiro atoms. The van der Waals surface area contributed by atoms with E-state index in [9.17, 15) is 22.0 Å². The van der Waals surface area contributed by atoms with Gasteiger partial charge in [0.15, 0.2) is 11.6 Å².